The number of benzene rings is 2. The lowest BCUT2D eigenvalue weighted by molar-refractivity contribution is 0.611. The Kier molecular flexibility index (Phi) is 3.20. The minimum absolute atomic E-state index is 0.175. The normalized spacial score (nSPS) is 10.6. The lowest BCUT2D eigenvalue weighted by atomic mass is 9.99. The van der Waals surface area contributed by atoms with Gasteiger partial charge in [0.25, 0.3) is 0 Å². The summed E-state index contributed by atoms with van der Waals surface area (Å²) >= 11 is 0. The minimum Gasteiger partial charge on any atom is -0.326 e. The molecule has 3 heteroatoms. The highest BCUT2D eigenvalue weighted by Gasteiger charge is 2.06. The van der Waals surface area contributed by atoms with E-state index in [-0.39, 0.29) is 18.2 Å². The fraction of sp³-hybridized carbons (Fsp3) is 0.143. The lowest BCUT2D eigenvalue weighted by Crippen LogP contribution is -1.99. The molecule has 0 fully saturated rings. The first-order valence-corrected chi connectivity index (χ1v) is 5.37. The van der Waals surface area contributed by atoms with Gasteiger partial charge in [0.1, 0.15) is 11.6 Å². The summed E-state index contributed by atoms with van der Waals surface area (Å²) in [7, 11) is 0. The van der Waals surface area contributed by atoms with Crippen LogP contribution in [0.4, 0.5) is 8.78 Å². The van der Waals surface area contributed by atoms with Gasteiger partial charge in [0.15, 0.2) is 0 Å². The van der Waals surface area contributed by atoms with E-state index in [2.05, 4.69) is 0 Å². The summed E-state index contributed by atoms with van der Waals surface area (Å²) in [5, 5.41) is 0. The largest absolute Gasteiger partial charge is 0.326 e. The van der Waals surface area contributed by atoms with Gasteiger partial charge in [0.05, 0.1) is 0 Å². The Morgan fingerprint density at radius 2 is 1.82 bits per heavy atom. The molecule has 0 heterocycles. The summed E-state index contributed by atoms with van der Waals surface area (Å²) in [4.78, 5) is 0. The third kappa shape index (κ3) is 2.34. The van der Waals surface area contributed by atoms with Crippen LogP contribution in [0.25, 0.3) is 11.1 Å². The number of rotatable bonds is 2. The molecule has 0 saturated carbocycles. The molecule has 2 aromatic carbocycles. The van der Waals surface area contributed by atoms with Gasteiger partial charge in [-0.1, -0.05) is 18.2 Å². The van der Waals surface area contributed by atoms with E-state index < -0.39 is 0 Å². The summed E-state index contributed by atoms with van der Waals surface area (Å²) < 4.78 is 26.6. The summed E-state index contributed by atoms with van der Waals surface area (Å²) in [6.45, 7) is 1.97. The zero-order valence-electron chi connectivity index (χ0n) is 9.50. The molecule has 0 bridgehead atoms. The molecular formula is C14H13F2N. The molecule has 0 aliphatic heterocycles. The van der Waals surface area contributed by atoms with Crippen molar-refractivity contribution in [3.05, 3.63) is 59.2 Å². The minimum atomic E-state index is -0.325. The maximum Gasteiger partial charge on any atom is 0.128 e. The zero-order chi connectivity index (χ0) is 12.4. The topological polar surface area (TPSA) is 26.0 Å². The molecule has 0 aromatic heterocycles. The molecule has 17 heavy (non-hydrogen) atoms. The number of hydrogen-bond acceptors (Lipinski definition) is 1. The van der Waals surface area contributed by atoms with Crippen LogP contribution in [0.1, 0.15) is 11.1 Å². The van der Waals surface area contributed by atoms with Gasteiger partial charge in [0.2, 0.25) is 0 Å². The third-order valence-electron chi connectivity index (χ3n) is 2.77. The van der Waals surface area contributed by atoms with Crippen molar-refractivity contribution in [3.63, 3.8) is 0 Å². The number of aryl methyl sites for hydroxylation is 1. The lowest BCUT2D eigenvalue weighted by Gasteiger charge is -2.08. The molecule has 2 rings (SSSR count). The van der Waals surface area contributed by atoms with Gasteiger partial charge in [-0.2, -0.15) is 0 Å². The standard InChI is InChI=1S/C14H13F2N/c1-9-6-12(15)4-5-13(9)10-2-3-11(8-17)14(16)7-10/h2-7H,8,17H2,1H3. The van der Waals surface area contributed by atoms with Crippen LogP contribution in [0.15, 0.2) is 36.4 Å². The second kappa shape index (κ2) is 4.63. The second-order valence-corrected chi connectivity index (χ2v) is 3.97. The Morgan fingerprint density at radius 3 is 2.41 bits per heavy atom. The van der Waals surface area contributed by atoms with Gasteiger partial charge < -0.3 is 5.73 Å². The quantitative estimate of drug-likeness (QED) is 0.845. The van der Waals surface area contributed by atoms with E-state index in [0.717, 1.165) is 16.7 Å². The van der Waals surface area contributed by atoms with Crippen LogP contribution < -0.4 is 5.73 Å². The van der Waals surface area contributed by atoms with E-state index >= 15 is 0 Å². The van der Waals surface area contributed by atoms with Crippen LogP contribution in [0.3, 0.4) is 0 Å². The van der Waals surface area contributed by atoms with Gasteiger partial charge >= 0.3 is 0 Å². The van der Waals surface area contributed by atoms with E-state index in [0.29, 0.717) is 5.56 Å². The van der Waals surface area contributed by atoms with Gasteiger partial charge in [-0.25, -0.2) is 8.78 Å². The molecule has 2 aromatic rings. The SMILES string of the molecule is Cc1cc(F)ccc1-c1ccc(CN)c(F)c1. The highest BCUT2D eigenvalue weighted by atomic mass is 19.1. The van der Waals surface area contributed by atoms with Crippen LogP contribution in [-0.2, 0) is 6.54 Å². The van der Waals surface area contributed by atoms with Gasteiger partial charge in [-0.15, -0.1) is 0 Å². The summed E-state index contributed by atoms with van der Waals surface area (Å²) in [6.07, 6.45) is 0. The Hall–Kier alpha value is -1.74. The summed E-state index contributed by atoms with van der Waals surface area (Å²) in [5.41, 5.74) is 8.22. The maximum atomic E-state index is 13.6. The fourth-order valence-corrected chi connectivity index (χ4v) is 1.83. The fourth-order valence-electron chi connectivity index (χ4n) is 1.83. The number of hydrogen-bond donors (Lipinski definition) is 1. The van der Waals surface area contributed by atoms with Crippen molar-refractivity contribution in [1.82, 2.24) is 0 Å². The summed E-state index contributed by atoms with van der Waals surface area (Å²) in [5.74, 6) is -0.612. The van der Waals surface area contributed by atoms with Crippen LogP contribution in [0.2, 0.25) is 0 Å². The predicted molar refractivity (Wildman–Crippen MR) is 64.4 cm³/mol. The Labute approximate surface area is 98.9 Å². The predicted octanol–water partition coefficient (Wildman–Crippen LogP) is 3.40. The molecule has 0 saturated heterocycles. The van der Waals surface area contributed by atoms with E-state index in [9.17, 15) is 8.78 Å². The smallest absolute Gasteiger partial charge is 0.128 e. The average molecular weight is 233 g/mol. The summed E-state index contributed by atoms with van der Waals surface area (Å²) in [6, 6.07) is 9.35. The van der Waals surface area contributed by atoms with E-state index in [1.165, 1.54) is 18.2 Å². The van der Waals surface area contributed by atoms with E-state index in [1.807, 2.05) is 0 Å². The highest BCUT2D eigenvalue weighted by Crippen LogP contribution is 2.25. The van der Waals surface area contributed by atoms with Crippen LogP contribution in [0, 0.1) is 18.6 Å². The molecule has 0 amide bonds. The molecule has 88 valence electrons. The molecule has 1 nitrogen and oxygen atoms in total. The number of nitrogens with two attached hydrogens (primary N) is 1. The molecule has 0 spiro atoms. The van der Waals surface area contributed by atoms with Crippen LogP contribution >= 0.6 is 0 Å². The van der Waals surface area contributed by atoms with Crippen LogP contribution in [-0.4, -0.2) is 0 Å². The Morgan fingerprint density at radius 1 is 1.06 bits per heavy atom. The molecular weight excluding hydrogens is 220 g/mol. The van der Waals surface area contributed by atoms with Crippen LogP contribution in [0.5, 0.6) is 0 Å². The van der Waals surface area contributed by atoms with Gasteiger partial charge in [0, 0.05) is 12.1 Å². The monoisotopic (exact) mass is 233 g/mol. The molecule has 0 radical (unpaired) electrons. The van der Waals surface area contributed by atoms with Crippen molar-refractivity contribution in [2.75, 3.05) is 0 Å². The van der Waals surface area contributed by atoms with Crippen molar-refractivity contribution >= 4 is 0 Å². The van der Waals surface area contributed by atoms with Crippen molar-refractivity contribution in [1.29, 1.82) is 0 Å². The molecule has 0 atom stereocenters. The molecule has 0 unspecified atom stereocenters. The number of halogens is 2. The molecule has 0 aliphatic carbocycles. The van der Waals surface area contributed by atoms with Gasteiger partial charge in [-0.05, 0) is 41.8 Å². The van der Waals surface area contributed by atoms with Gasteiger partial charge in [-0.3, -0.25) is 0 Å². The molecule has 0 aliphatic rings. The first kappa shape index (κ1) is 11.7. The highest BCUT2D eigenvalue weighted by molar-refractivity contribution is 5.67. The van der Waals surface area contributed by atoms with E-state index in [1.54, 1.807) is 25.1 Å². The van der Waals surface area contributed by atoms with Crippen molar-refractivity contribution in [3.8, 4) is 11.1 Å². The third-order valence-corrected chi connectivity index (χ3v) is 2.77. The zero-order valence-corrected chi connectivity index (χ0v) is 9.50. The van der Waals surface area contributed by atoms with Crippen molar-refractivity contribution < 1.29 is 8.78 Å². The Balaban J connectivity index is 2.50. The average Bonchev–Trinajstić information content (AvgIpc) is 2.29. The Bertz CT molecular complexity index is 550. The first-order valence-electron chi connectivity index (χ1n) is 5.37. The first-order chi connectivity index (χ1) is 8.11. The molecule has 2 N–H and O–H groups in total. The van der Waals surface area contributed by atoms with Crippen molar-refractivity contribution in [2.24, 2.45) is 5.73 Å². The van der Waals surface area contributed by atoms with Crippen molar-refractivity contribution in [2.45, 2.75) is 13.5 Å². The second-order valence-electron chi connectivity index (χ2n) is 3.97. The maximum absolute atomic E-state index is 13.6. The van der Waals surface area contributed by atoms with E-state index in [4.69, 9.17) is 5.73 Å².